The molecule has 0 saturated heterocycles. The van der Waals surface area contributed by atoms with Gasteiger partial charge in [0.15, 0.2) is 5.82 Å². The predicted octanol–water partition coefficient (Wildman–Crippen LogP) is 2.14. The molecule has 5 nitrogen and oxygen atoms in total. The van der Waals surface area contributed by atoms with Gasteiger partial charge in [-0.05, 0) is 31.0 Å². The van der Waals surface area contributed by atoms with E-state index in [-0.39, 0.29) is 11.7 Å². The van der Waals surface area contributed by atoms with Crippen molar-refractivity contribution in [1.82, 2.24) is 15.1 Å². The third-order valence-electron chi connectivity index (χ3n) is 2.79. The molecule has 94 valence electrons. The largest absolute Gasteiger partial charge is 0.339 e. The lowest BCUT2D eigenvalue weighted by Gasteiger charge is -2.03. The van der Waals surface area contributed by atoms with E-state index in [0.717, 1.165) is 5.56 Å². The third kappa shape index (κ3) is 2.80. The van der Waals surface area contributed by atoms with Crippen molar-refractivity contribution in [2.24, 2.45) is 0 Å². The third-order valence-corrected chi connectivity index (χ3v) is 2.79. The zero-order valence-electron chi connectivity index (χ0n) is 10.5. The molecule has 2 heterocycles. The smallest absolute Gasteiger partial charge is 0.237 e. The van der Waals surface area contributed by atoms with Crippen LogP contribution < -0.4 is 0 Å². The summed E-state index contributed by atoms with van der Waals surface area (Å²) in [6.45, 7) is 3.47. The van der Waals surface area contributed by atoms with Gasteiger partial charge in [0, 0.05) is 18.8 Å². The van der Waals surface area contributed by atoms with E-state index in [2.05, 4.69) is 15.1 Å². The van der Waals surface area contributed by atoms with Gasteiger partial charge in [0.1, 0.15) is 5.78 Å². The lowest BCUT2D eigenvalue weighted by Crippen LogP contribution is -2.08. The molecule has 0 aliphatic heterocycles. The quantitative estimate of drug-likeness (QED) is 0.807. The topological polar surface area (TPSA) is 68.9 Å². The van der Waals surface area contributed by atoms with Gasteiger partial charge in [0.2, 0.25) is 5.89 Å². The minimum atomic E-state index is -0.288. The summed E-state index contributed by atoms with van der Waals surface area (Å²) in [4.78, 5) is 19.6. The number of aromatic nitrogens is 3. The fourth-order valence-corrected chi connectivity index (χ4v) is 1.80. The molecule has 0 spiro atoms. The minimum Gasteiger partial charge on any atom is -0.339 e. The van der Waals surface area contributed by atoms with E-state index in [1.165, 1.54) is 0 Å². The van der Waals surface area contributed by atoms with Crippen molar-refractivity contribution < 1.29 is 9.32 Å². The maximum Gasteiger partial charge on any atom is 0.237 e. The highest BCUT2D eigenvalue weighted by Crippen LogP contribution is 2.19. The van der Waals surface area contributed by atoms with Crippen molar-refractivity contribution in [1.29, 1.82) is 0 Å². The molecular formula is C13H15N3O2. The Morgan fingerprint density at radius 1 is 1.39 bits per heavy atom. The summed E-state index contributed by atoms with van der Waals surface area (Å²) < 4.78 is 5.15. The van der Waals surface area contributed by atoms with E-state index < -0.39 is 0 Å². The molecule has 2 aromatic rings. The molecule has 0 N–H and O–H groups in total. The first kappa shape index (κ1) is 12.4. The first-order valence-electron chi connectivity index (χ1n) is 5.92. The number of carbonyl (C=O) groups excluding carboxylic acids is 1. The first-order valence-corrected chi connectivity index (χ1v) is 5.92. The van der Waals surface area contributed by atoms with Crippen molar-refractivity contribution in [2.45, 2.75) is 32.6 Å². The van der Waals surface area contributed by atoms with E-state index in [1.807, 2.05) is 19.1 Å². The van der Waals surface area contributed by atoms with Crippen LogP contribution in [0.25, 0.3) is 0 Å². The summed E-state index contributed by atoms with van der Waals surface area (Å²) in [5.41, 5.74) is 1.06. The van der Waals surface area contributed by atoms with Crippen molar-refractivity contribution >= 4 is 5.78 Å². The Labute approximate surface area is 105 Å². The SMILES string of the molecule is CCC(C(C)=O)c1nc(Cc2ccncc2)no1. The highest BCUT2D eigenvalue weighted by atomic mass is 16.5. The fraction of sp³-hybridized carbons (Fsp3) is 0.385. The Morgan fingerprint density at radius 2 is 2.11 bits per heavy atom. The van der Waals surface area contributed by atoms with Crippen molar-refractivity contribution in [3.63, 3.8) is 0 Å². The Kier molecular flexibility index (Phi) is 3.82. The molecule has 2 aromatic heterocycles. The van der Waals surface area contributed by atoms with E-state index >= 15 is 0 Å². The van der Waals surface area contributed by atoms with Gasteiger partial charge in [-0.2, -0.15) is 4.98 Å². The summed E-state index contributed by atoms with van der Waals surface area (Å²) in [5, 5.41) is 3.90. The Hall–Kier alpha value is -2.04. The zero-order chi connectivity index (χ0) is 13.0. The number of nitrogens with zero attached hydrogens (tertiary/aromatic N) is 3. The molecule has 0 fully saturated rings. The summed E-state index contributed by atoms with van der Waals surface area (Å²) >= 11 is 0. The lowest BCUT2D eigenvalue weighted by atomic mass is 10.0. The molecular weight excluding hydrogens is 230 g/mol. The second-order valence-electron chi connectivity index (χ2n) is 4.15. The molecule has 2 rings (SSSR count). The van der Waals surface area contributed by atoms with Crippen molar-refractivity contribution in [3.8, 4) is 0 Å². The summed E-state index contributed by atoms with van der Waals surface area (Å²) in [7, 11) is 0. The first-order chi connectivity index (χ1) is 8.70. The summed E-state index contributed by atoms with van der Waals surface area (Å²) in [5.74, 6) is 0.769. The zero-order valence-corrected chi connectivity index (χ0v) is 10.5. The highest BCUT2D eigenvalue weighted by Gasteiger charge is 2.21. The van der Waals surface area contributed by atoms with E-state index in [9.17, 15) is 4.79 Å². The van der Waals surface area contributed by atoms with Crippen LogP contribution in [0.2, 0.25) is 0 Å². The van der Waals surface area contributed by atoms with E-state index in [4.69, 9.17) is 4.52 Å². The van der Waals surface area contributed by atoms with Gasteiger partial charge in [0.25, 0.3) is 0 Å². The molecule has 1 atom stereocenters. The van der Waals surface area contributed by atoms with Crippen LogP contribution in [0, 0.1) is 0 Å². The number of Topliss-reactive ketones (excluding diaryl/α,β-unsaturated/α-hetero) is 1. The van der Waals surface area contributed by atoms with Crippen LogP contribution in [0.15, 0.2) is 29.0 Å². The minimum absolute atomic E-state index is 0.0524. The number of ketones is 1. The Bertz CT molecular complexity index is 522. The van der Waals surface area contributed by atoms with Crippen LogP contribution in [-0.4, -0.2) is 20.9 Å². The molecule has 0 aliphatic carbocycles. The molecule has 0 aromatic carbocycles. The van der Waals surface area contributed by atoms with Crippen LogP contribution >= 0.6 is 0 Å². The second kappa shape index (κ2) is 5.53. The van der Waals surface area contributed by atoms with Crippen LogP contribution in [0.5, 0.6) is 0 Å². The van der Waals surface area contributed by atoms with Gasteiger partial charge >= 0.3 is 0 Å². The second-order valence-corrected chi connectivity index (χ2v) is 4.15. The molecule has 5 heteroatoms. The standard InChI is InChI=1S/C13H15N3O2/c1-3-11(9(2)17)13-15-12(16-18-13)8-10-4-6-14-7-5-10/h4-7,11H,3,8H2,1-2H3. The average molecular weight is 245 g/mol. The van der Waals surface area contributed by atoms with E-state index in [1.54, 1.807) is 19.3 Å². The van der Waals surface area contributed by atoms with Crippen LogP contribution in [-0.2, 0) is 11.2 Å². The van der Waals surface area contributed by atoms with Gasteiger partial charge in [-0.15, -0.1) is 0 Å². The molecule has 0 aliphatic rings. The van der Waals surface area contributed by atoms with Crippen LogP contribution in [0.3, 0.4) is 0 Å². The number of pyridine rings is 1. The number of rotatable bonds is 5. The van der Waals surface area contributed by atoms with Gasteiger partial charge in [-0.3, -0.25) is 9.78 Å². The predicted molar refractivity (Wildman–Crippen MR) is 65.1 cm³/mol. The summed E-state index contributed by atoms with van der Waals surface area (Å²) in [6.07, 6.45) is 4.70. The molecule has 1 unspecified atom stereocenters. The lowest BCUT2D eigenvalue weighted by molar-refractivity contribution is -0.119. The highest BCUT2D eigenvalue weighted by molar-refractivity contribution is 5.82. The molecule has 0 amide bonds. The van der Waals surface area contributed by atoms with Crippen molar-refractivity contribution in [3.05, 3.63) is 41.8 Å². The van der Waals surface area contributed by atoms with Gasteiger partial charge in [-0.25, -0.2) is 0 Å². The normalized spacial score (nSPS) is 12.3. The van der Waals surface area contributed by atoms with E-state index in [0.29, 0.717) is 24.6 Å². The van der Waals surface area contributed by atoms with Gasteiger partial charge in [-0.1, -0.05) is 12.1 Å². The van der Waals surface area contributed by atoms with Gasteiger partial charge in [0.05, 0.1) is 5.92 Å². The fourth-order valence-electron chi connectivity index (χ4n) is 1.80. The Morgan fingerprint density at radius 3 is 2.72 bits per heavy atom. The maximum absolute atomic E-state index is 11.4. The van der Waals surface area contributed by atoms with Gasteiger partial charge < -0.3 is 4.52 Å². The monoisotopic (exact) mass is 245 g/mol. The maximum atomic E-state index is 11.4. The molecule has 18 heavy (non-hydrogen) atoms. The van der Waals surface area contributed by atoms with Crippen LogP contribution in [0.1, 0.15) is 43.5 Å². The van der Waals surface area contributed by atoms with Crippen molar-refractivity contribution in [2.75, 3.05) is 0 Å². The number of hydrogen-bond acceptors (Lipinski definition) is 5. The molecule has 0 radical (unpaired) electrons. The number of carbonyl (C=O) groups is 1. The average Bonchev–Trinajstić information content (AvgIpc) is 2.79. The summed E-state index contributed by atoms with van der Waals surface area (Å²) in [6, 6.07) is 3.80. The van der Waals surface area contributed by atoms with Crippen LogP contribution in [0.4, 0.5) is 0 Å². The Balaban J connectivity index is 2.13. The molecule has 0 bridgehead atoms. The number of hydrogen-bond donors (Lipinski definition) is 0. The molecule has 0 saturated carbocycles.